The second kappa shape index (κ2) is 9.25. The Morgan fingerprint density at radius 3 is 2.35 bits per heavy atom. The van der Waals surface area contributed by atoms with Crippen molar-refractivity contribution in [3.63, 3.8) is 0 Å². The summed E-state index contributed by atoms with van der Waals surface area (Å²) in [6.07, 6.45) is 1.84. The zero-order chi connectivity index (χ0) is 23.7. The van der Waals surface area contributed by atoms with Crippen LogP contribution in [0.3, 0.4) is 0 Å². The molecule has 34 heavy (non-hydrogen) atoms. The van der Waals surface area contributed by atoms with Crippen LogP contribution in [0, 0.1) is 0 Å². The summed E-state index contributed by atoms with van der Waals surface area (Å²) in [5, 5.41) is 3.42. The van der Waals surface area contributed by atoms with Crippen LogP contribution in [-0.4, -0.2) is 10.5 Å². The molecule has 1 aliphatic rings. The molecule has 2 heterocycles. The smallest absolute Gasteiger partial charge is 0.271 e. The van der Waals surface area contributed by atoms with E-state index in [2.05, 4.69) is 10.3 Å². The molecule has 1 atom stereocenters. The Kier molecular flexibility index (Phi) is 6.01. The summed E-state index contributed by atoms with van der Waals surface area (Å²) < 4.78 is 2.12. The molecule has 0 spiro atoms. The normalized spacial score (nSPS) is 15.6. The van der Waals surface area contributed by atoms with Crippen LogP contribution in [0.5, 0.6) is 0 Å². The molecular weight excluding hydrogens is 466 g/mol. The number of carbonyl (C=O) groups is 1. The molecule has 3 aromatic carbocycles. The van der Waals surface area contributed by atoms with Gasteiger partial charge in [0.25, 0.3) is 11.5 Å². The van der Waals surface area contributed by atoms with E-state index in [9.17, 15) is 9.59 Å². The van der Waals surface area contributed by atoms with Crippen molar-refractivity contribution in [3.8, 4) is 0 Å². The number of hydrogen-bond acceptors (Lipinski definition) is 4. The van der Waals surface area contributed by atoms with Crippen molar-refractivity contribution in [1.29, 1.82) is 0 Å². The van der Waals surface area contributed by atoms with E-state index in [-0.39, 0.29) is 11.5 Å². The zero-order valence-corrected chi connectivity index (χ0v) is 19.8. The number of allylic oxidation sites excluding steroid dienone is 1. The van der Waals surface area contributed by atoms with Crippen molar-refractivity contribution >= 4 is 40.6 Å². The highest BCUT2D eigenvalue weighted by Gasteiger charge is 2.33. The summed E-state index contributed by atoms with van der Waals surface area (Å²) >= 11 is 7.89. The first-order valence-corrected chi connectivity index (χ1v) is 11.9. The number of thiazole rings is 1. The van der Waals surface area contributed by atoms with E-state index >= 15 is 0 Å². The number of nitrogens with one attached hydrogen (secondary N) is 1. The van der Waals surface area contributed by atoms with E-state index in [4.69, 9.17) is 11.6 Å². The molecule has 1 N–H and O–H groups in total. The lowest BCUT2D eigenvalue weighted by Gasteiger charge is -2.26. The van der Waals surface area contributed by atoms with Crippen molar-refractivity contribution in [1.82, 2.24) is 4.57 Å². The number of rotatable bonds is 4. The number of aromatic nitrogens is 1. The predicted octanol–water partition coefficient (Wildman–Crippen LogP) is 4.53. The average molecular weight is 486 g/mol. The first kappa shape index (κ1) is 22.1. The van der Waals surface area contributed by atoms with Gasteiger partial charge in [0, 0.05) is 10.7 Å². The van der Waals surface area contributed by atoms with Crippen molar-refractivity contribution in [2.75, 3.05) is 5.32 Å². The molecule has 0 saturated heterocycles. The van der Waals surface area contributed by atoms with Gasteiger partial charge in [-0.15, -0.1) is 0 Å². The third-order valence-corrected chi connectivity index (χ3v) is 6.92. The fraction of sp³-hybridized carbons (Fsp3) is 0.0741. The molecule has 0 aliphatic carbocycles. The molecule has 0 bridgehead atoms. The number of amides is 1. The minimum atomic E-state index is -0.702. The second-order valence-corrected chi connectivity index (χ2v) is 9.25. The van der Waals surface area contributed by atoms with Crippen LogP contribution in [-0.2, 0) is 4.79 Å². The van der Waals surface area contributed by atoms with Gasteiger partial charge in [-0.2, -0.15) is 0 Å². The Morgan fingerprint density at radius 2 is 1.65 bits per heavy atom. The van der Waals surface area contributed by atoms with Crippen LogP contribution in [0.1, 0.15) is 24.1 Å². The standard InChI is InChI=1S/C27H20ClN3O2S/c1-17-23(25(32)30-19-12-6-3-7-13-19)24(20-14-8-9-15-21(20)28)31-26(33)22(34-27(31)29-17)16-18-10-4-2-5-11-18/h2-16,24H,1H3,(H,30,32)/b22-16+/t24-/m1/s1. The van der Waals surface area contributed by atoms with E-state index in [1.807, 2.05) is 84.9 Å². The lowest BCUT2D eigenvalue weighted by molar-refractivity contribution is -0.113. The average Bonchev–Trinajstić information content (AvgIpc) is 3.14. The van der Waals surface area contributed by atoms with Gasteiger partial charge in [-0.3, -0.25) is 14.2 Å². The van der Waals surface area contributed by atoms with Gasteiger partial charge >= 0.3 is 0 Å². The zero-order valence-electron chi connectivity index (χ0n) is 18.2. The predicted molar refractivity (Wildman–Crippen MR) is 137 cm³/mol. The highest BCUT2D eigenvalue weighted by molar-refractivity contribution is 7.07. The molecule has 0 unspecified atom stereocenters. The number of halogens is 1. The van der Waals surface area contributed by atoms with Crippen LogP contribution in [0.4, 0.5) is 5.69 Å². The van der Waals surface area contributed by atoms with Gasteiger partial charge in [-0.25, -0.2) is 4.99 Å². The Hall–Kier alpha value is -3.74. The third-order valence-electron chi connectivity index (χ3n) is 5.60. The number of benzene rings is 3. The summed E-state index contributed by atoms with van der Waals surface area (Å²) in [6.45, 7) is 1.79. The first-order valence-electron chi connectivity index (χ1n) is 10.7. The largest absolute Gasteiger partial charge is 0.322 e. The topological polar surface area (TPSA) is 63.5 Å². The quantitative estimate of drug-likeness (QED) is 0.461. The molecule has 168 valence electrons. The molecule has 7 heteroatoms. The molecule has 5 rings (SSSR count). The number of nitrogens with zero attached hydrogens (tertiary/aromatic N) is 2. The SMILES string of the molecule is CC1=C(C(=O)Nc2ccccc2)[C@@H](c2ccccc2Cl)n2c(s/c(=C/c3ccccc3)c2=O)=N1. The highest BCUT2D eigenvalue weighted by Crippen LogP contribution is 2.34. The molecule has 4 aromatic rings. The minimum Gasteiger partial charge on any atom is -0.322 e. The van der Waals surface area contributed by atoms with Crippen molar-refractivity contribution in [3.05, 3.63) is 132 Å². The van der Waals surface area contributed by atoms with Crippen LogP contribution < -0.4 is 20.2 Å². The van der Waals surface area contributed by atoms with Crippen LogP contribution in [0.25, 0.3) is 6.08 Å². The Bertz CT molecular complexity index is 1590. The van der Waals surface area contributed by atoms with Crippen molar-refractivity contribution in [2.24, 2.45) is 4.99 Å². The lowest BCUT2D eigenvalue weighted by Crippen LogP contribution is -2.40. The van der Waals surface area contributed by atoms with E-state index in [1.54, 1.807) is 17.6 Å². The number of carbonyl (C=O) groups excluding carboxylic acids is 1. The lowest BCUT2D eigenvalue weighted by atomic mass is 9.95. The van der Waals surface area contributed by atoms with Crippen LogP contribution in [0.2, 0.25) is 5.02 Å². The Balaban J connectivity index is 1.70. The fourth-order valence-electron chi connectivity index (χ4n) is 4.02. The van der Waals surface area contributed by atoms with E-state index in [0.717, 1.165) is 5.56 Å². The summed E-state index contributed by atoms with van der Waals surface area (Å²) in [5.74, 6) is -0.324. The van der Waals surface area contributed by atoms with Crippen LogP contribution in [0.15, 0.2) is 106 Å². The highest BCUT2D eigenvalue weighted by atomic mass is 35.5. The molecule has 1 amide bonds. The number of hydrogen-bond donors (Lipinski definition) is 1. The summed E-state index contributed by atoms with van der Waals surface area (Å²) in [5.41, 5.74) is 2.97. The maximum atomic E-state index is 13.6. The third kappa shape index (κ3) is 4.14. The number of para-hydroxylation sites is 1. The fourth-order valence-corrected chi connectivity index (χ4v) is 5.31. The summed E-state index contributed by atoms with van der Waals surface area (Å²) in [7, 11) is 0. The molecule has 5 nitrogen and oxygen atoms in total. The van der Waals surface area contributed by atoms with E-state index in [1.165, 1.54) is 11.3 Å². The molecule has 0 saturated carbocycles. The Labute approximate surface area is 205 Å². The van der Waals surface area contributed by atoms with Gasteiger partial charge in [0.1, 0.15) is 0 Å². The summed E-state index contributed by atoms with van der Waals surface area (Å²) in [4.78, 5) is 32.3. The van der Waals surface area contributed by atoms with E-state index < -0.39 is 6.04 Å². The van der Waals surface area contributed by atoms with E-state index in [0.29, 0.717) is 36.9 Å². The minimum absolute atomic E-state index is 0.213. The van der Waals surface area contributed by atoms with Gasteiger partial charge in [0.15, 0.2) is 4.80 Å². The van der Waals surface area contributed by atoms with Crippen molar-refractivity contribution in [2.45, 2.75) is 13.0 Å². The monoisotopic (exact) mass is 485 g/mol. The van der Waals surface area contributed by atoms with Gasteiger partial charge in [0.2, 0.25) is 0 Å². The van der Waals surface area contributed by atoms with Gasteiger partial charge in [-0.05, 0) is 42.3 Å². The second-order valence-electron chi connectivity index (χ2n) is 7.83. The number of fused-ring (bicyclic) bond motifs is 1. The van der Waals surface area contributed by atoms with Gasteiger partial charge in [0.05, 0.1) is 21.8 Å². The molecule has 0 radical (unpaired) electrons. The first-order chi connectivity index (χ1) is 16.5. The molecule has 0 fully saturated rings. The molecular formula is C27H20ClN3O2S. The van der Waals surface area contributed by atoms with Gasteiger partial charge in [-0.1, -0.05) is 89.7 Å². The number of anilines is 1. The molecule has 1 aromatic heterocycles. The van der Waals surface area contributed by atoms with Crippen molar-refractivity contribution < 1.29 is 4.79 Å². The Morgan fingerprint density at radius 1 is 1.00 bits per heavy atom. The maximum Gasteiger partial charge on any atom is 0.271 e. The van der Waals surface area contributed by atoms with Crippen LogP contribution >= 0.6 is 22.9 Å². The van der Waals surface area contributed by atoms with Gasteiger partial charge < -0.3 is 5.32 Å². The maximum absolute atomic E-state index is 13.6. The summed E-state index contributed by atoms with van der Waals surface area (Å²) in [6, 6.07) is 25.4. The molecule has 1 aliphatic heterocycles.